The zero-order valence-corrected chi connectivity index (χ0v) is 12.9. The normalized spacial score (nSPS) is 11.8. The maximum atomic E-state index is 11.7. The number of carbonyl (C=O) groups excluding carboxylic acids is 1. The second kappa shape index (κ2) is 7.86. The van der Waals surface area contributed by atoms with Crippen molar-refractivity contribution in [2.75, 3.05) is 19.0 Å². The molecule has 0 aliphatic carbocycles. The van der Waals surface area contributed by atoms with Gasteiger partial charge in [-0.1, -0.05) is 22.0 Å². The monoisotopic (exact) mass is 344 g/mol. The average molecular weight is 345 g/mol. The molecular formula is C13H17BrN2O4. The van der Waals surface area contributed by atoms with Gasteiger partial charge in [-0.25, -0.2) is 9.59 Å². The summed E-state index contributed by atoms with van der Waals surface area (Å²) >= 11 is 3.36. The Morgan fingerprint density at radius 2 is 2.15 bits per heavy atom. The fraction of sp³-hybridized carbons (Fsp3) is 0.385. The predicted octanol–water partition coefficient (Wildman–Crippen LogP) is 2.37. The topological polar surface area (TPSA) is 87.7 Å². The molecule has 0 saturated heterocycles. The summed E-state index contributed by atoms with van der Waals surface area (Å²) in [7, 11) is 1.48. The number of ether oxygens (including phenoxy) is 1. The molecule has 1 atom stereocenters. The van der Waals surface area contributed by atoms with E-state index in [0.717, 1.165) is 10.0 Å². The van der Waals surface area contributed by atoms with Crippen LogP contribution >= 0.6 is 15.9 Å². The van der Waals surface area contributed by atoms with Crippen LogP contribution in [0.4, 0.5) is 10.5 Å². The zero-order valence-electron chi connectivity index (χ0n) is 11.3. The largest absolute Gasteiger partial charge is 0.480 e. The highest BCUT2D eigenvalue weighted by Crippen LogP contribution is 2.20. The SMILES string of the molecule is COCCC(NC(=O)Nc1ccc(C)c(Br)c1)C(=O)O. The fourth-order valence-electron chi connectivity index (χ4n) is 1.49. The van der Waals surface area contributed by atoms with Crippen molar-refractivity contribution in [1.82, 2.24) is 5.32 Å². The van der Waals surface area contributed by atoms with Gasteiger partial charge >= 0.3 is 12.0 Å². The number of rotatable bonds is 6. The molecule has 0 aliphatic heterocycles. The lowest BCUT2D eigenvalue weighted by Crippen LogP contribution is -2.43. The lowest BCUT2D eigenvalue weighted by Gasteiger charge is -2.15. The summed E-state index contributed by atoms with van der Waals surface area (Å²) in [6.07, 6.45) is 0.205. The standard InChI is InChI=1S/C13H17BrN2O4/c1-8-3-4-9(7-10(8)14)15-13(19)16-11(12(17)18)5-6-20-2/h3-4,7,11H,5-6H2,1-2H3,(H,17,18)(H2,15,16,19). The van der Waals surface area contributed by atoms with Gasteiger partial charge in [-0.3, -0.25) is 0 Å². The first-order chi connectivity index (χ1) is 9.43. The van der Waals surface area contributed by atoms with E-state index in [2.05, 4.69) is 26.6 Å². The number of halogens is 1. The van der Waals surface area contributed by atoms with Crippen LogP contribution in [0.1, 0.15) is 12.0 Å². The molecule has 1 aromatic rings. The number of benzene rings is 1. The molecule has 0 aliphatic rings. The van der Waals surface area contributed by atoms with Gasteiger partial charge in [-0.2, -0.15) is 0 Å². The molecule has 0 saturated carbocycles. The van der Waals surface area contributed by atoms with E-state index in [4.69, 9.17) is 9.84 Å². The minimum Gasteiger partial charge on any atom is -0.480 e. The van der Waals surface area contributed by atoms with Gasteiger partial charge in [-0.05, 0) is 24.6 Å². The second-order valence-electron chi connectivity index (χ2n) is 4.23. The molecule has 0 aromatic heterocycles. The molecule has 1 rings (SSSR count). The Bertz CT molecular complexity index is 493. The van der Waals surface area contributed by atoms with E-state index in [1.54, 1.807) is 12.1 Å². The third-order valence-corrected chi connectivity index (χ3v) is 3.50. The number of amides is 2. The Morgan fingerprint density at radius 1 is 1.45 bits per heavy atom. The van der Waals surface area contributed by atoms with Crippen LogP contribution in [0.15, 0.2) is 22.7 Å². The minimum absolute atomic E-state index is 0.205. The molecule has 20 heavy (non-hydrogen) atoms. The van der Waals surface area contributed by atoms with Crippen LogP contribution in [0.3, 0.4) is 0 Å². The quantitative estimate of drug-likeness (QED) is 0.739. The van der Waals surface area contributed by atoms with E-state index >= 15 is 0 Å². The molecule has 6 nitrogen and oxygen atoms in total. The molecule has 110 valence electrons. The molecule has 0 heterocycles. The molecule has 1 unspecified atom stereocenters. The molecule has 7 heteroatoms. The summed E-state index contributed by atoms with van der Waals surface area (Å²) in [6, 6.07) is 3.79. The van der Waals surface area contributed by atoms with Crippen LogP contribution in [0.5, 0.6) is 0 Å². The first kappa shape index (κ1) is 16.5. The van der Waals surface area contributed by atoms with E-state index in [1.807, 2.05) is 13.0 Å². The summed E-state index contributed by atoms with van der Waals surface area (Å²) in [5.74, 6) is -1.10. The summed E-state index contributed by atoms with van der Waals surface area (Å²) in [5, 5.41) is 14.0. The number of hydrogen-bond donors (Lipinski definition) is 3. The Kier molecular flexibility index (Phi) is 6.47. The summed E-state index contributed by atoms with van der Waals surface area (Å²) < 4.78 is 5.68. The van der Waals surface area contributed by atoms with Crippen molar-refractivity contribution in [3.63, 3.8) is 0 Å². The highest BCUT2D eigenvalue weighted by molar-refractivity contribution is 9.10. The van der Waals surface area contributed by atoms with Gasteiger partial charge < -0.3 is 20.5 Å². The first-order valence-electron chi connectivity index (χ1n) is 5.99. The van der Waals surface area contributed by atoms with Gasteiger partial charge in [0, 0.05) is 30.3 Å². The second-order valence-corrected chi connectivity index (χ2v) is 5.09. The number of carboxylic acids is 1. The van der Waals surface area contributed by atoms with Gasteiger partial charge in [0.25, 0.3) is 0 Å². The zero-order chi connectivity index (χ0) is 15.1. The van der Waals surface area contributed by atoms with E-state index < -0.39 is 18.0 Å². The lowest BCUT2D eigenvalue weighted by atomic mass is 10.2. The van der Waals surface area contributed by atoms with E-state index in [1.165, 1.54) is 7.11 Å². The number of anilines is 1. The first-order valence-corrected chi connectivity index (χ1v) is 6.78. The van der Waals surface area contributed by atoms with Crippen molar-refractivity contribution >= 4 is 33.6 Å². The molecule has 0 radical (unpaired) electrons. The van der Waals surface area contributed by atoms with Crippen molar-refractivity contribution in [3.8, 4) is 0 Å². The van der Waals surface area contributed by atoms with Gasteiger partial charge in [0.1, 0.15) is 6.04 Å². The van der Waals surface area contributed by atoms with E-state index in [-0.39, 0.29) is 13.0 Å². The maximum Gasteiger partial charge on any atom is 0.326 e. The molecule has 0 bridgehead atoms. The van der Waals surface area contributed by atoms with E-state index in [0.29, 0.717) is 5.69 Å². The highest BCUT2D eigenvalue weighted by atomic mass is 79.9. The lowest BCUT2D eigenvalue weighted by molar-refractivity contribution is -0.139. The number of aryl methyl sites for hydroxylation is 1. The van der Waals surface area contributed by atoms with Crippen LogP contribution < -0.4 is 10.6 Å². The van der Waals surface area contributed by atoms with Crippen LogP contribution in [-0.4, -0.2) is 36.9 Å². The van der Waals surface area contributed by atoms with Crippen molar-refractivity contribution in [2.24, 2.45) is 0 Å². The number of methoxy groups -OCH3 is 1. The number of carboxylic acid groups (broad SMARTS) is 1. The fourth-order valence-corrected chi connectivity index (χ4v) is 1.87. The maximum absolute atomic E-state index is 11.7. The van der Waals surface area contributed by atoms with Gasteiger partial charge in [0.15, 0.2) is 0 Å². The number of carbonyl (C=O) groups is 2. The number of aliphatic carboxylic acids is 1. The summed E-state index contributed by atoms with van der Waals surface area (Å²) in [4.78, 5) is 22.7. The Balaban J connectivity index is 2.60. The van der Waals surface area contributed by atoms with Gasteiger partial charge in [0.2, 0.25) is 0 Å². The number of hydrogen-bond acceptors (Lipinski definition) is 3. The molecular weight excluding hydrogens is 328 g/mol. The van der Waals surface area contributed by atoms with Crippen molar-refractivity contribution < 1.29 is 19.4 Å². The molecule has 0 fully saturated rings. The third kappa shape index (κ3) is 5.18. The number of urea groups is 1. The Hall–Kier alpha value is -1.60. The van der Waals surface area contributed by atoms with Crippen LogP contribution in [0, 0.1) is 6.92 Å². The molecule has 2 amide bonds. The number of nitrogens with one attached hydrogen (secondary N) is 2. The van der Waals surface area contributed by atoms with Crippen LogP contribution in [-0.2, 0) is 9.53 Å². The van der Waals surface area contributed by atoms with Crippen molar-refractivity contribution in [3.05, 3.63) is 28.2 Å². The van der Waals surface area contributed by atoms with Crippen molar-refractivity contribution in [1.29, 1.82) is 0 Å². The smallest absolute Gasteiger partial charge is 0.326 e. The van der Waals surface area contributed by atoms with Gasteiger partial charge in [-0.15, -0.1) is 0 Å². The summed E-state index contributed by atoms with van der Waals surface area (Å²) in [6.45, 7) is 2.19. The average Bonchev–Trinajstić information content (AvgIpc) is 2.38. The minimum atomic E-state index is -1.10. The Morgan fingerprint density at radius 3 is 2.70 bits per heavy atom. The molecule has 3 N–H and O–H groups in total. The highest BCUT2D eigenvalue weighted by Gasteiger charge is 2.19. The van der Waals surface area contributed by atoms with Crippen LogP contribution in [0.25, 0.3) is 0 Å². The van der Waals surface area contributed by atoms with Gasteiger partial charge in [0.05, 0.1) is 0 Å². The predicted molar refractivity (Wildman–Crippen MR) is 79.0 cm³/mol. The van der Waals surface area contributed by atoms with E-state index in [9.17, 15) is 9.59 Å². The Labute approximate surface area is 125 Å². The molecule has 0 spiro atoms. The molecule has 1 aromatic carbocycles. The third-order valence-electron chi connectivity index (χ3n) is 2.64. The van der Waals surface area contributed by atoms with Crippen LogP contribution in [0.2, 0.25) is 0 Å². The summed E-state index contributed by atoms with van der Waals surface area (Å²) in [5.41, 5.74) is 1.62. The van der Waals surface area contributed by atoms with Crippen molar-refractivity contribution in [2.45, 2.75) is 19.4 Å².